The molecule has 0 saturated carbocycles. The first kappa shape index (κ1) is 17.5. The predicted octanol–water partition coefficient (Wildman–Crippen LogP) is 3.04. The highest BCUT2D eigenvalue weighted by atomic mass is 19.1. The van der Waals surface area contributed by atoms with E-state index in [-0.39, 0.29) is 24.2 Å². The lowest BCUT2D eigenvalue weighted by Crippen LogP contribution is -2.40. The second kappa shape index (κ2) is 7.73. The summed E-state index contributed by atoms with van der Waals surface area (Å²) in [4.78, 5) is 14.4. The molecule has 1 aromatic carbocycles. The lowest BCUT2D eigenvalue weighted by atomic mass is 9.97. The summed E-state index contributed by atoms with van der Waals surface area (Å²) < 4.78 is 20.4. The first-order valence-corrected chi connectivity index (χ1v) is 9.16. The Bertz CT molecular complexity index is 925. The number of carbonyl (C=O) groups excluding carboxylic acids is 1. The number of piperidine rings is 1. The molecule has 0 radical (unpaired) electrons. The molecule has 140 valence electrons. The van der Waals surface area contributed by atoms with Crippen LogP contribution in [0.3, 0.4) is 0 Å². The quantitative estimate of drug-likeness (QED) is 0.695. The largest absolute Gasteiger partial charge is 0.493 e. The number of halogens is 1. The molecule has 1 amide bonds. The summed E-state index contributed by atoms with van der Waals surface area (Å²) in [5, 5.41) is 8.56. The van der Waals surface area contributed by atoms with Crippen molar-refractivity contribution in [3.8, 4) is 5.75 Å². The molecule has 1 saturated heterocycles. The van der Waals surface area contributed by atoms with Crippen molar-refractivity contribution in [2.24, 2.45) is 0 Å². The SMILES string of the molecule is O=C(CCOc1ccc(F)cc1)N1CCCC(c2nnc3ccccn23)C1. The van der Waals surface area contributed by atoms with Gasteiger partial charge in [0.1, 0.15) is 17.4 Å². The third kappa shape index (κ3) is 3.92. The van der Waals surface area contributed by atoms with Crippen LogP contribution in [0, 0.1) is 5.82 Å². The van der Waals surface area contributed by atoms with Gasteiger partial charge in [-0.2, -0.15) is 0 Å². The number of fused-ring (bicyclic) bond motifs is 1. The number of carbonyl (C=O) groups is 1. The number of amides is 1. The van der Waals surface area contributed by atoms with Crippen molar-refractivity contribution in [2.75, 3.05) is 19.7 Å². The van der Waals surface area contributed by atoms with Crippen LogP contribution in [0.2, 0.25) is 0 Å². The fourth-order valence-corrected chi connectivity index (χ4v) is 3.50. The Balaban J connectivity index is 1.35. The van der Waals surface area contributed by atoms with Gasteiger partial charge in [-0.1, -0.05) is 6.07 Å². The maximum absolute atomic E-state index is 12.9. The van der Waals surface area contributed by atoms with Crippen molar-refractivity contribution in [3.63, 3.8) is 0 Å². The molecule has 0 aliphatic carbocycles. The molecular weight excluding hydrogens is 347 g/mol. The van der Waals surface area contributed by atoms with Crippen molar-refractivity contribution in [3.05, 3.63) is 60.3 Å². The summed E-state index contributed by atoms with van der Waals surface area (Å²) in [6, 6.07) is 11.6. The van der Waals surface area contributed by atoms with Crippen molar-refractivity contribution in [1.29, 1.82) is 0 Å². The molecule has 7 heteroatoms. The Morgan fingerprint density at radius 1 is 1.19 bits per heavy atom. The Labute approximate surface area is 156 Å². The van der Waals surface area contributed by atoms with Crippen LogP contribution in [0.4, 0.5) is 4.39 Å². The van der Waals surface area contributed by atoms with Gasteiger partial charge in [-0.15, -0.1) is 10.2 Å². The van der Waals surface area contributed by atoms with Gasteiger partial charge >= 0.3 is 0 Å². The van der Waals surface area contributed by atoms with E-state index < -0.39 is 0 Å². The molecule has 0 bridgehead atoms. The summed E-state index contributed by atoms with van der Waals surface area (Å²) >= 11 is 0. The molecule has 1 aliphatic rings. The summed E-state index contributed by atoms with van der Waals surface area (Å²) in [7, 11) is 0. The zero-order chi connectivity index (χ0) is 18.6. The van der Waals surface area contributed by atoms with E-state index in [2.05, 4.69) is 10.2 Å². The molecule has 2 aromatic heterocycles. The van der Waals surface area contributed by atoms with Crippen LogP contribution in [0.25, 0.3) is 5.65 Å². The average Bonchev–Trinajstić information content (AvgIpc) is 3.14. The zero-order valence-electron chi connectivity index (χ0n) is 14.9. The zero-order valence-corrected chi connectivity index (χ0v) is 14.9. The minimum atomic E-state index is -0.307. The van der Waals surface area contributed by atoms with Gasteiger partial charge in [0, 0.05) is 25.2 Å². The molecular formula is C20H21FN4O2. The van der Waals surface area contributed by atoms with Crippen molar-refractivity contribution in [2.45, 2.75) is 25.2 Å². The van der Waals surface area contributed by atoms with Crippen LogP contribution in [0.1, 0.15) is 31.0 Å². The number of pyridine rings is 1. The molecule has 1 unspecified atom stereocenters. The smallest absolute Gasteiger partial charge is 0.226 e. The van der Waals surface area contributed by atoms with E-state index in [1.54, 1.807) is 12.1 Å². The highest BCUT2D eigenvalue weighted by molar-refractivity contribution is 5.76. The first-order chi connectivity index (χ1) is 13.2. The topological polar surface area (TPSA) is 59.7 Å². The Hall–Kier alpha value is -2.96. The first-order valence-electron chi connectivity index (χ1n) is 9.16. The molecule has 1 fully saturated rings. The second-order valence-electron chi connectivity index (χ2n) is 6.72. The normalized spacial score (nSPS) is 17.2. The van der Waals surface area contributed by atoms with Crippen LogP contribution in [0.15, 0.2) is 48.7 Å². The van der Waals surface area contributed by atoms with E-state index in [1.165, 1.54) is 12.1 Å². The minimum absolute atomic E-state index is 0.0654. The van der Waals surface area contributed by atoms with Gasteiger partial charge in [0.25, 0.3) is 0 Å². The molecule has 3 heterocycles. The molecule has 0 N–H and O–H groups in total. The molecule has 3 aromatic rings. The van der Waals surface area contributed by atoms with Crippen LogP contribution >= 0.6 is 0 Å². The number of hydrogen-bond donors (Lipinski definition) is 0. The monoisotopic (exact) mass is 368 g/mol. The highest BCUT2D eigenvalue weighted by Crippen LogP contribution is 2.26. The van der Waals surface area contributed by atoms with E-state index >= 15 is 0 Å². The fraction of sp³-hybridized carbons (Fsp3) is 0.350. The molecule has 4 rings (SSSR count). The third-order valence-corrected chi connectivity index (χ3v) is 4.88. The predicted molar refractivity (Wildman–Crippen MR) is 98.1 cm³/mol. The fourth-order valence-electron chi connectivity index (χ4n) is 3.50. The number of benzene rings is 1. The van der Waals surface area contributed by atoms with Crippen LogP contribution < -0.4 is 4.74 Å². The maximum atomic E-state index is 12.9. The minimum Gasteiger partial charge on any atom is -0.493 e. The lowest BCUT2D eigenvalue weighted by Gasteiger charge is -2.32. The Morgan fingerprint density at radius 2 is 2.04 bits per heavy atom. The highest BCUT2D eigenvalue weighted by Gasteiger charge is 2.27. The molecule has 1 aliphatic heterocycles. The van der Waals surface area contributed by atoms with Gasteiger partial charge in [0.15, 0.2) is 5.65 Å². The Morgan fingerprint density at radius 3 is 2.89 bits per heavy atom. The van der Waals surface area contributed by atoms with Crippen LogP contribution in [-0.4, -0.2) is 45.1 Å². The van der Waals surface area contributed by atoms with Crippen molar-refractivity contribution >= 4 is 11.6 Å². The lowest BCUT2D eigenvalue weighted by molar-refractivity contribution is -0.133. The van der Waals surface area contributed by atoms with Gasteiger partial charge in [-0.25, -0.2) is 4.39 Å². The number of rotatable bonds is 5. The molecule has 6 nitrogen and oxygen atoms in total. The number of nitrogens with zero attached hydrogens (tertiary/aromatic N) is 4. The van der Waals surface area contributed by atoms with Gasteiger partial charge in [-0.3, -0.25) is 9.20 Å². The maximum Gasteiger partial charge on any atom is 0.226 e. The number of ether oxygens (including phenoxy) is 1. The van der Waals surface area contributed by atoms with E-state index in [9.17, 15) is 9.18 Å². The summed E-state index contributed by atoms with van der Waals surface area (Å²) in [6.07, 6.45) is 4.19. The summed E-state index contributed by atoms with van der Waals surface area (Å²) in [5.74, 6) is 1.41. The average molecular weight is 368 g/mol. The molecule has 27 heavy (non-hydrogen) atoms. The summed E-state index contributed by atoms with van der Waals surface area (Å²) in [6.45, 7) is 1.67. The number of likely N-dealkylation sites (tertiary alicyclic amines) is 1. The van der Waals surface area contributed by atoms with E-state index in [0.717, 1.165) is 30.9 Å². The third-order valence-electron chi connectivity index (χ3n) is 4.88. The van der Waals surface area contributed by atoms with E-state index in [0.29, 0.717) is 18.7 Å². The standard InChI is InChI=1S/C20H21FN4O2/c21-16-6-8-17(9-7-16)27-13-10-19(26)24-11-3-4-15(14-24)20-23-22-18-5-1-2-12-25(18)20/h1-2,5-9,12,15H,3-4,10-11,13-14H2. The van der Waals surface area contributed by atoms with Crippen LogP contribution in [-0.2, 0) is 4.79 Å². The van der Waals surface area contributed by atoms with E-state index in [1.807, 2.05) is 33.7 Å². The van der Waals surface area contributed by atoms with E-state index in [4.69, 9.17) is 4.74 Å². The van der Waals surface area contributed by atoms with Gasteiger partial charge in [-0.05, 0) is 49.2 Å². The summed E-state index contributed by atoms with van der Waals surface area (Å²) in [5.41, 5.74) is 0.823. The molecule has 1 atom stereocenters. The second-order valence-corrected chi connectivity index (χ2v) is 6.72. The number of hydrogen-bond acceptors (Lipinski definition) is 4. The van der Waals surface area contributed by atoms with Gasteiger partial charge in [0.2, 0.25) is 5.91 Å². The molecule has 0 spiro atoms. The van der Waals surface area contributed by atoms with Crippen LogP contribution in [0.5, 0.6) is 5.75 Å². The number of aromatic nitrogens is 3. The Kier molecular flexibility index (Phi) is 5.00. The van der Waals surface area contributed by atoms with Gasteiger partial charge < -0.3 is 9.64 Å². The van der Waals surface area contributed by atoms with Crippen molar-refractivity contribution in [1.82, 2.24) is 19.5 Å². The van der Waals surface area contributed by atoms with Crippen molar-refractivity contribution < 1.29 is 13.9 Å². The van der Waals surface area contributed by atoms with Gasteiger partial charge in [0.05, 0.1) is 13.0 Å².